The van der Waals surface area contributed by atoms with E-state index in [1.807, 2.05) is 6.92 Å². The van der Waals surface area contributed by atoms with E-state index in [0.29, 0.717) is 6.42 Å². The van der Waals surface area contributed by atoms with E-state index in [1.165, 1.54) is 0 Å². The summed E-state index contributed by atoms with van der Waals surface area (Å²) < 4.78 is 0. The number of nitrogens with zero attached hydrogens (tertiary/aromatic N) is 2. The van der Waals surface area contributed by atoms with Crippen molar-refractivity contribution in [2.45, 2.75) is 43.3 Å². The first-order chi connectivity index (χ1) is 8.52. The van der Waals surface area contributed by atoms with Crippen LogP contribution in [0.4, 0.5) is 0 Å². The number of carbonyl (C=O) groups is 1. The Bertz CT molecular complexity index is 435. The summed E-state index contributed by atoms with van der Waals surface area (Å²) in [6.07, 6.45) is 3.54. The van der Waals surface area contributed by atoms with E-state index in [-0.39, 0.29) is 11.8 Å². The first-order valence-corrected chi connectivity index (χ1v) is 7.11. The van der Waals surface area contributed by atoms with Crippen LogP contribution in [0.25, 0.3) is 0 Å². The lowest BCUT2D eigenvalue weighted by atomic mass is 9.85. The average molecular weight is 269 g/mol. The molecule has 2 unspecified atom stereocenters. The van der Waals surface area contributed by atoms with Crippen LogP contribution >= 0.6 is 11.8 Å². The normalized spacial score (nSPS) is 27.6. The molecule has 100 valence electrons. The summed E-state index contributed by atoms with van der Waals surface area (Å²) >= 11 is 1.58. The number of nitrogens with two attached hydrogens (primary N) is 2. The molecule has 0 aromatic carbocycles. The van der Waals surface area contributed by atoms with Gasteiger partial charge < -0.3 is 11.5 Å². The van der Waals surface area contributed by atoms with E-state index in [4.69, 9.17) is 11.5 Å². The van der Waals surface area contributed by atoms with Crippen LogP contribution in [0.2, 0.25) is 0 Å². The van der Waals surface area contributed by atoms with E-state index in [1.54, 1.807) is 11.8 Å². The van der Waals surface area contributed by atoms with Crippen LogP contribution in [0.1, 0.15) is 31.5 Å². The molecule has 0 spiro atoms. The number of aromatic nitrogens is 3. The number of carbonyl (C=O) groups excluding carboxylic acids is 1. The van der Waals surface area contributed by atoms with Gasteiger partial charge in [-0.25, -0.2) is 4.98 Å². The number of hydrogen-bond acceptors (Lipinski definition) is 5. The summed E-state index contributed by atoms with van der Waals surface area (Å²) in [6.45, 7) is 1.87. The van der Waals surface area contributed by atoms with Crippen LogP contribution in [0.15, 0.2) is 5.16 Å². The van der Waals surface area contributed by atoms with Crippen molar-refractivity contribution in [1.82, 2.24) is 15.2 Å². The van der Waals surface area contributed by atoms with Gasteiger partial charge in [0.2, 0.25) is 11.1 Å². The van der Waals surface area contributed by atoms with Gasteiger partial charge in [-0.2, -0.15) is 0 Å². The van der Waals surface area contributed by atoms with Crippen LogP contribution in [0.5, 0.6) is 0 Å². The maximum Gasteiger partial charge on any atom is 0.237 e. The molecule has 5 N–H and O–H groups in total. The molecule has 1 aromatic heterocycles. The van der Waals surface area contributed by atoms with E-state index < -0.39 is 5.54 Å². The summed E-state index contributed by atoms with van der Waals surface area (Å²) in [6, 6.07) is 0. The minimum atomic E-state index is -0.810. The molecule has 18 heavy (non-hydrogen) atoms. The number of nitrogens with one attached hydrogen (secondary N) is 1. The van der Waals surface area contributed by atoms with Crippen molar-refractivity contribution in [3.63, 3.8) is 0 Å². The quantitative estimate of drug-likeness (QED) is 0.677. The van der Waals surface area contributed by atoms with Gasteiger partial charge in [0.05, 0.1) is 5.54 Å². The van der Waals surface area contributed by atoms with Crippen LogP contribution < -0.4 is 11.5 Å². The second-order valence-corrected chi connectivity index (χ2v) is 5.90. The van der Waals surface area contributed by atoms with Crippen molar-refractivity contribution in [2.24, 2.45) is 17.4 Å². The van der Waals surface area contributed by atoms with Crippen LogP contribution in [0.3, 0.4) is 0 Å². The van der Waals surface area contributed by atoms with Gasteiger partial charge in [-0.3, -0.25) is 9.89 Å². The van der Waals surface area contributed by atoms with E-state index in [0.717, 1.165) is 36.0 Å². The molecule has 0 radical (unpaired) electrons. The highest BCUT2D eigenvalue weighted by Crippen LogP contribution is 2.36. The van der Waals surface area contributed by atoms with Gasteiger partial charge in [0.25, 0.3) is 0 Å². The molecule has 1 fully saturated rings. The van der Waals surface area contributed by atoms with Crippen molar-refractivity contribution < 1.29 is 4.79 Å². The van der Waals surface area contributed by atoms with E-state index in [9.17, 15) is 4.79 Å². The minimum Gasteiger partial charge on any atom is -0.368 e. The van der Waals surface area contributed by atoms with Crippen molar-refractivity contribution in [3.05, 3.63) is 5.82 Å². The third-order valence-electron chi connectivity index (χ3n) is 3.60. The first-order valence-electron chi connectivity index (χ1n) is 6.13. The lowest BCUT2D eigenvalue weighted by Crippen LogP contribution is -2.54. The van der Waals surface area contributed by atoms with Crippen molar-refractivity contribution in [1.29, 1.82) is 0 Å². The van der Waals surface area contributed by atoms with Gasteiger partial charge in [0.1, 0.15) is 5.82 Å². The van der Waals surface area contributed by atoms with Gasteiger partial charge in [-0.15, -0.1) is 5.10 Å². The number of thioether (sulfide) groups is 1. The second-order valence-electron chi connectivity index (χ2n) is 4.83. The molecule has 6 nitrogen and oxygen atoms in total. The first kappa shape index (κ1) is 13.4. The summed E-state index contributed by atoms with van der Waals surface area (Å²) in [5, 5.41) is 7.60. The molecule has 0 bridgehead atoms. The standard InChI is InChI=1S/C11H19N5OS/c1-7-14-10(16-15-7)18-6-4-8-3-2-5-11(8,13)9(12)17/h8H,2-6,13H2,1H3,(H2,12,17)(H,14,15,16). The van der Waals surface area contributed by atoms with Gasteiger partial charge in [-0.1, -0.05) is 18.2 Å². The molecule has 7 heteroatoms. The molecule has 0 aliphatic heterocycles. The molecule has 1 aliphatic carbocycles. The van der Waals surface area contributed by atoms with Gasteiger partial charge in [0, 0.05) is 5.75 Å². The Morgan fingerprint density at radius 2 is 2.44 bits per heavy atom. The zero-order valence-electron chi connectivity index (χ0n) is 10.5. The summed E-state index contributed by atoms with van der Waals surface area (Å²) in [5.74, 6) is 1.48. The number of H-pyrrole nitrogens is 1. The van der Waals surface area contributed by atoms with Gasteiger partial charge in [-0.05, 0) is 32.1 Å². The van der Waals surface area contributed by atoms with E-state index >= 15 is 0 Å². The third kappa shape index (κ3) is 2.67. The predicted octanol–water partition coefficient (Wildman–Crippen LogP) is 0.578. The number of primary amides is 1. The minimum absolute atomic E-state index is 0.183. The Hall–Kier alpha value is -1.08. The number of amides is 1. The topological polar surface area (TPSA) is 111 Å². The number of rotatable bonds is 5. The Kier molecular flexibility index (Phi) is 3.91. The van der Waals surface area contributed by atoms with Crippen LogP contribution in [-0.4, -0.2) is 32.4 Å². The second kappa shape index (κ2) is 5.27. The monoisotopic (exact) mass is 269 g/mol. The highest BCUT2D eigenvalue weighted by molar-refractivity contribution is 7.99. The fraction of sp³-hybridized carbons (Fsp3) is 0.727. The van der Waals surface area contributed by atoms with Gasteiger partial charge >= 0.3 is 0 Å². The zero-order valence-corrected chi connectivity index (χ0v) is 11.3. The average Bonchev–Trinajstić information content (AvgIpc) is 2.87. The lowest BCUT2D eigenvalue weighted by molar-refractivity contribution is -0.124. The zero-order chi connectivity index (χ0) is 13.2. The lowest BCUT2D eigenvalue weighted by Gasteiger charge is -2.27. The molecule has 1 amide bonds. The summed E-state index contributed by atoms with van der Waals surface area (Å²) in [7, 11) is 0. The Morgan fingerprint density at radius 3 is 3.06 bits per heavy atom. The molecule has 2 atom stereocenters. The van der Waals surface area contributed by atoms with Crippen molar-refractivity contribution in [3.8, 4) is 0 Å². The molecular formula is C11H19N5OS. The largest absolute Gasteiger partial charge is 0.368 e. The molecule has 1 aliphatic rings. The molecule has 1 heterocycles. The number of aromatic amines is 1. The summed E-state index contributed by atoms with van der Waals surface area (Å²) in [4.78, 5) is 15.7. The molecule has 2 rings (SSSR count). The molecular weight excluding hydrogens is 250 g/mol. The molecule has 1 saturated carbocycles. The number of hydrogen-bond donors (Lipinski definition) is 3. The van der Waals surface area contributed by atoms with Gasteiger partial charge in [0.15, 0.2) is 0 Å². The number of aryl methyl sites for hydroxylation is 1. The van der Waals surface area contributed by atoms with Crippen molar-refractivity contribution in [2.75, 3.05) is 5.75 Å². The third-order valence-corrected chi connectivity index (χ3v) is 4.49. The Labute approximate surface area is 110 Å². The van der Waals surface area contributed by atoms with Crippen LogP contribution in [-0.2, 0) is 4.79 Å². The Balaban J connectivity index is 1.85. The smallest absolute Gasteiger partial charge is 0.237 e. The fourth-order valence-electron chi connectivity index (χ4n) is 2.51. The SMILES string of the molecule is Cc1nc(SCCC2CCCC2(N)C(N)=O)n[nH]1. The highest BCUT2D eigenvalue weighted by atomic mass is 32.2. The van der Waals surface area contributed by atoms with Crippen molar-refractivity contribution >= 4 is 17.7 Å². The maximum absolute atomic E-state index is 11.4. The van der Waals surface area contributed by atoms with E-state index in [2.05, 4.69) is 15.2 Å². The molecule has 0 saturated heterocycles. The maximum atomic E-state index is 11.4. The predicted molar refractivity (Wildman–Crippen MR) is 69.9 cm³/mol. The summed E-state index contributed by atoms with van der Waals surface area (Å²) in [5.41, 5.74) is 10.7. The molecule has 1 aromatic rings. The van der Waals surface area contributed by atoms with Crippen LogP contribution in [0, 0.1) is 12.8 Å². The highest BCUT2D eigenvalue weighted by Gasteiger charge is 2.43. The Morgan fingerprint density at radius 1 is 1.67 bits per heavy atom. The fourth-order valence-corrected chi connectivity index (χ4v) is 3.40.